The summed E-state index contributed by atoms with van der Waals surface area (Å²) in [6.45, 7) is 6.33. The molecular weight excluding hydrogens is 304 g/mol. The lowest BCUT2D eigenvalue weighted by Gasteiger charge is -2.17. The molecule has 0 radical (unpaired) electrons. The van der Waals surface area contributed by atoms with E-state index in [1.807, 2.05) is 40.1 Å². The fraction of sp³-hybridized carbons (Fsp3) is 0.529. The summed E-state index contributed by atoms with van der Waals surface area (Å²) in [5.74, 6) is 1.56. The van der Waals surface area contributed by atoms with Crippen molar-refractivity contribution < 1.29 is 4.74 Å². The van der Waals surface area contributed by atoms with Gasteiger partial charge in [0.05, 0.1) is 23.6 Å². The molecule has 0 bridgehead atoms. The van der Waals surface area contributed by atoms with Crippen LogP contribution in [0, 0.1) is 13.8 Å². The van der Waals surface area contributed by atoms with Crippen LogP contribution in [0.5, 0.6) is 5.75 Å². The highest BCUT2D eigenvalue weighted by atomic mass is 16.5. The van der Waals surface area contributed by atoms with E-state index >= 15 is 0 Å². The van der Waals surface area contributed by atoms with Crippen LogP contribution in [0.3, 0.4) is 0 Å². The molecule has 1 unspecified atom stereocenters. The minimum atomic E-state index is 0.129. The van der Waals surface area contributed by atoms with Crippen molar-refractivity contribution in [3.63, 3.8) is 0 Å². The normalized spacial score (nSPS) is 17.5. The van der Waals surface area contributed by atoms with Gasteiger partial charge in [-0.3, -0.25) is 4.98 Å². The zero-order valence-corrected chi connectivity index (χ0v) is 14.7. The van der Waals surface area contributed by atoms with E-state index in [0.717, 1.165) is 48.9 Å². The molecule has 128 valence electrons. The topological polar surface area (TPSA) is 67.3 Å². The quantitative estimate of drug-likeness (QED) is 0.826. The van der Waals surface area contributed by atoms with Gasteiger partial charge in [-0.2, -0.15) is 5.10 Å². The van der Waals surface area contributed by atoms with Crippen LogP contribution in [-0.4, -0.2) is 58.4 Å². The summed E-state index contributed by atoms with van der Waals surface area (Å²) in [7, 11) is 4.06. The van der Waals surface area contributed by atoms with Gasteiger partial charge in [-0.25, -0.2) is 4.98 Å². The second kappa shape index (κ2) is 7.09. The lowest BCUT2D eigenvalue weighted by molar-refractivity contribution is 0.224. The van der Waals surface area contributed by atoms with E-state index in [1.54, 1.807) is 6.20 Å². The molecule has 3 heterocycles. The highest BCUT2D eigenvalue weighted by Crippen LogP contribution is 2.21. The Balaban J connectivity index is 1.63. The van der Waals surface area contributed by atoms with Crippen molar-refractivity contribution >= 4 is 5.95 Å². The van der Waals surface area contributed by atoms with Crippen LogP contribution in [0.1, 0.15) is 23.5 Å². The monoisotopic (exact) mass is 328 g/mol. The number of anilines is 1. The Morgan fingerprint density at radius 2 is 2.08 bits per heavy atom. The second-order valence-corrected chi connectivity index (χ2v) is 6.48. The average Bonchev–Trinajstić information content (AvgIpc) is 2.98. The second-order valence-electron chi connectivity index (χ2n) is 6.48. The van der Waals surface area contributed by atoms with Gasteiger partial charge in [0, 0.05) is 31.8 Å². The molecule has 1 fully saturated rings. The summed E-state index contributed by atoms with van der Waals surface area (Å²) < 4.78 is 6.13. The molecule has 1 aliphatic rings. The minimum Gasteiger partial charge on any atom is -0.488 e. The smallest absolute Gasteiger partial charge is 0.245 e. The van der Waals surface area contributed by atoms with E-state index in [0.29, 0.717) is 5.95 Å². The van der Waals surface area contributed by atoms with Crippen LogP contribution in [0.2, 0.25) is 0 Å². The van der Waals surface area contributed by atoms with Crippen molar-refractivity contribution in [1.29, 1.82) is 0 Å². The third kappa shape index (κ3) is 3.97. The van der Waals surface area contributed by atoms with Gasteiger partial charge >= 0.3 is 0 Å². The molecule has 7 heteroatoms. The Hall–Kier alpha value is -2.28. The van der Waals surface area contributed by atoms with Gasteiger partial charge in [-0.15, -0.1) is 5.10 Å². The highest BCUT2D eigenvalue weighted by molar-refractivity contribution is 5.32. The van der Waals surface area contributed by atoms with Gasteiger partial charge in [0.1, 0.15) is 11.9 Å². The number of pyridine rings is 1. The average molecular weight is 328 g/mol. The Bertz CT molecular complexity index is 705. The fourth-order valence-corrected chi connectivity index (χ4v) is 2.72. The van der Waals surface area contributed by atoms with Crippen LogP contribution in [0.4, 0.5) is 5.95 Å². The van der Waals surface area contributed by atoms with E-state index in [4.69, 9.17) is 4.74 Å². The van der Waals surface area contributed by atoms with Crippen LogP contribution in [0.15, 0.2) is 18.3 Å². The molecule has 2 aromatic heterocycles. The van der Waals surface area contributed by atoms with Gasteiger partial charge in [0.2, 0.25) is 5.95 Å². The first kappa shape index (κ1) is 16.6. The number of rotatable bonds is 5. The zero-order chi connectivity index (χ0) is 17.1. The molecule has 0 aromatic carbocycles. The lowest BCUT2D eigenvalue weighted by Crippen LogP contribution is -2.26. The highest BCUT2D eigenvalue weighted by Gasteiger charge is 2.26. The van der Waals surface area contributed by atoms with E-state index in [1.165, 1.54) is 0 Å². The summed E-state index contributed by atoms with van der Waals surface area (Å²) in [5, 5.41) is 8.37. The SMILES string of the molecule is Cc1nnc(N2CCC(Oc3ccnc(CN(C)C)c3)C2)nc1C. The summed E-state index contributed by atoms with van der Waals surface area (Å²) >= 11 is 0. The first-order valence-electron chi connectivity index (χ1n) is 8.20. The van der Waals surface area contributed by atoms with Gasteiger partial charge in [0.25, 0.3) is 0 Å². The molecule has 0 aliphatic carbocycles. The first-order valence-corrected chi connectivity index (χ1v) is 8.20. The van der Waals surface area contributed by atoms with Gasteiger partial charge in [-0.05, 0) is 34.0 Å². The van der Waals surface area contributed by atoms with Crippen LogP contribution < -0.4 is 9.64 Å². The van der Waals surface area contributed by atoms with Crippen molar-refractivity contribution in [1.82, 2.24) is 25.1 Å². The Labute approximate surface area is 142 Å². The third-order valence-electron chi connectivity index (χ3n) is 4.08. The Kier molecular flexibility index (Phi) is 4.89. The molecule has 1 saturated heterocycles. The molecular formula is C17H24N6O. The molecule has 1 aliphatic heterocycles. The number of nitrogens with zero attached hydrogens (tertiary/aromatic N) is 6. The van der Waals surface area contributed by atoms with E-state index in [2.05, 4.69) is 30.0 Å². The van der Waals surface area contributed by atoms with Crippen LogP contribution in [0.25, 0.3) is 0 Å². The third-order valence-corrected chi connectivity index (χ3v) is 4.08. The van der Waals surface area contributed by atoms with E-state index in [-0.39, 0.29) is 6.10 Å². The van der Waals surface area contributed by atoms with Crippen molar-refractivity contribution in [2.24, 2.45) is 0 Å². The lowest BCUT2D eigenvalue weighted by atomic mass is 10.3. The summed E-state index contributed by atoms with van der Waals surface area (Å²) in [5.41, 5.74) is 2.80. The molecule has 3 rings (SSSR count). The summed E-state index contributed by atoms with van der Waals surface area (Å²) in [6, 6.07) is 3.92. The van der Waals surface area contributed by atoms with Crippen LogP contribution >= 0.6 is 0 Å². The maximum Gasteiger partial charge on any atom is 0.245 e. The zero-order valence-electron chi connectivity index (χ0n) is 14.7. The molecule has 2 aromatic rings. The Morgan fingerprint density at radius 1 is 1.25 bits per heavy atom. The number of hydrogen-bond acceptors (Lipinski definition) is 7. The predicted molar refractivity (Wildman–Crippen MR) is 92.2 cm³/mol. The van der Waals surface area contributed by atoms with Crippen molar-refractivity contribution in [2.45, 2.75) is 32.9 Å². The number of ether oxygens (including phenoxy) is 1. The summed E-state index contributed by atoms with van der Waals surface area (Å²) in [6.07, 6.45) is 2.88. The Morgan fingerprint density at radius 3 is 2.83 bits per heavy atom. The maximum atomic E-state index is 6.13. The van der Waals surface area contributed by atoms with Crippen LogP contribution in [-0.2, 0) is 6.54 Å². The number of aromatic nitrogens is 4. The number of hydrogen-bond donors (Lipinski definition) is 0. The minimum absolute atomic E-state index is 0.129. The molecule has 1 atom stereocenters. The molecule has 0 N–H and O–H groups in total. The predicted octanol–water partition coefficient (Wildman–Crippen LogP) is 1.60. The van der Waals surface area contributed by atoms with E-state index in [9.17, 15) is 0 Å². The molecule has 0 saturated carbocycles. The fourth-order valence-electron chi connectivity index (χ4n) is 2.72. The number of aryl methyl sites for hydroxylation is 2. The van der Waals surface area contributed by atoms with Gasteiger partial charge in [-0.1, -0.05) is 0 Å². The molecule has 0 spiro atoms. The largest absolute Gasteiger partial charge is 0.488 e. The summed E-state index contributed by atoms with van der Waals surface area (Å²) in [4.78, 5) is 13.1. The first-order chi connectivity index (χ1) is 11.5. The van der Waals surface area contributed by atoms with Crippen molar-refractivity contribution in [3.8, 4) is 5.75 Å². The van der Waals surface area contributed by atoms with E-state index < -0.39 is 0 Å². The molecule has 24 heavy (non-hydrogen) atoms. The van der Waals surface area contributed by atoms with Crippen molar-refractivity contribution in [3.05, 3.63) is 35.4 Å². The molecule has 7 nitrogen and oxygen atoms in total. The van der Waals surface area contributed by atoms with Gasteiger partial charge < -0.3 is 14.5 Å². The standard InChI is InChI=1S/C17H24N6O/c1-12-13(2)20-21-17(19-12)23-8-6-16(11-23)24-15-5-7-18-14(9-15)10-22(3)4/h5,7,9,16H,6,8,10-11H2,1-4H3. The maximum absolute atomic E-state index is 6.13. The molecule has 0 amide bonds. The van der Waals surface area contributed by atoms with Gasteiger partial charge in [0.15, 0.2) is 0 Å². The van der Waals surface area contributed by atoms with Crippen molar-refractivity contribution in [2.75, 3.05) is 32.1 Å².